The molecule has 2 aliphatic rings. The molecule has 2 fully saturated rings. The maximum atomic E-state index is 8.98. The van der Waals surface area contributed by atoms with Crippen LogP contribution in [0.4, 0.5) is 0 Å². The Morgan fingerprint density at radius 1 is 1.10 bits per heavy atom. The molecule has 3 aromatic rings. The molecule has 6 heteroatoms. The van der Waals surface area contributed by atoms with Gasteiger partial charge in [-0.15, -0.1) is 10.2 Å². The molecule has 152 valence electrons. The van der Waals surface area contributed by atoms with Gasteiger partial charge in [0.25, 0.3) is 0 Å². The number of nitrogens with zero attached hydrogens (tertiary/aromatic N) is 4. The summed E-state index contributed by atoms with van der Waals surface area (Å²) in [5, 5.41) is 17.6. The zero-order chi connectivity index (χ0) is 20.4. The summed E-state index contributed by atoms with van der Waals surface area (Å²) >= 11 is 0. The van der Waals surface area contributed by atoms with E-state index in [1.807, 2.05) is 42.5 Å². The van der Waals surface area contributed by atoms with Crippen molar-refractivity contribution < 1.29 is 9.15 Å². The topological polar surface area (TPSA) is 75.2 Å². The molecule has 1 aliphatic carbocycles. The van der Waals surface area contributed by atoms with Gasteiger partial charge in [0, 0.05) is 18.0 Å². The van der Waals surface area contributed by atoms with Crippen molar-refractivity contribution in [3.05, 3.63) is 66.1 Å². The lowest BCUT2D eigenvalue weighted by Gasteiger charge is -2.32. The first-order valence-corrected chi connectivity index (χ1v) is 10.5. The second kappa shape index (κ2) is 7.92. The van der Waals surface area contributed by atoms with Crippen molar-refractivity contribution in [1.82, 2.24) is 15.1 Å². The predicted molar refractivity (Wildman–Crippen MR) is 112 cm³/mol. The Kier molecular flexibility index (Phi) is 4.97. The lowest BCUT2D eigenvalue weighted by atomic mass is 9.91. The Labute approximate surface area is 176 Å². The molecule has 2 aromatic carbocycles. The van der Waals surface area contributed by atoms with E-state index in [1.165, 1.54) is 0 Å². The van der Waals surface area contributed by atoms with E-state index in [0.717, 1.165) is 56.1 Å². The molecule has 1 atom stereocenters. The number of hydrogen-bond acceptors (Lipinski definition) is 6. The average molecular weight is 400 g/mol. The standard InChI is InChI=1S/C24H24N4O2/c25-17-18-5-4-8-20(15-18)29-14-13-28-11-9-24(10-12-28)16-21(24)23-27-26-22(30-23)19-6-2-1-3-7-19/h1-8,15,21H,9-14,16H2/t21-/m0/s1. The Morgan fingerprint density at radius 2 is 1.93 bits per heavy atom. The van der Waals surface area contributed by atoms with Crippen molar-refractivity contribution in [3.63, 3.8) is 0 Å². The van der Waals surface area contributed by atoms with Crippen molar-refractivity contribution in [2.75, 3.05) is 26.2 Å². The highest BCUT2D eigenvalue weighted by Crippen LogP contribution is 2.64. The van der Waals surface area contributed by atoms with E-state index in [1.54, 1.807) is 12.1 Å². The molecule has 6 nitrogen and oxygen atoms in total. The number of ether oxygens (including phenoxy) is 1. The van der Waals surface area contributed by atoms with Gasteiger partial charge < -0.3 is 9.15 Å². The molecule has 0 radical (unpaired) electrons. The van der Waals surface area contributed by atoms with Gasteiger partial charge >= 0.3 is 0 Å². The number of hydrogen-bond donors (Lipinski definition) is 0. The predicted octanol–water partition coefficient (Wildman–Crippen LogP) is 4.26. The molecule has 1 aromatic heterocycles. The van der Waals surface area contributed by atoms with Crippen LogP contribution in [0.5, 0.6) is 5.75 Å². The largest absolute Gasteiger partial charge is 0.492 e. The Hall–Kier alpha value is -3.17. The van der Waals surface area contributed by atoms with Gasteiger partial charge in [-0.05, 0) is 68.1 Å². The van der Waals surface area contributed by atoms with Gasteiger partial charge in [0.05, 0.1) is 11.6 Å². The van der Waals surface area contributed by atoms with Crippen molar-refractivity contribution in [3.8, 4) is 23.3 Å². The van der Waals surface area contributed by atoms with Crippen molar-refractivity contribution in [2.24, 2.45) is 5.41 Å². The number of aromatic nitrogens is 2. The summed E-state index contributed by atoms with van der Waals surface area (Å²) in [6.45, 7) is 3.67. The van der Waals surface area contributed by atoms with Crippen LogP contribution in [0.3, 0.4) is 0 Å². The van der Waals surface area contributed by atoms with E-state index < -0.39 is 0 Å². The first-order valence-electron chi connectivity index (χ1n) is 10.5. The van der Waals surface area contributed by atoms with Crippen LogP contribution in [-0.2, 0) is 0 Å². The second-order valence-electron chi connectivity index (χ2n) is 8.26. The number of rotatable bonds is 6. The highest BCUT2D eigenvalue weighted by atomic mass is 16.5. The summed E-state index contributed by atoms with van der Waals surface area (Å²) in [6, 6.07) is 19.4. The van der Waals surface area contributed by atoms with Crippen molar-refractivity contribution in [1.29, 1.82) is 5.26 Å². The van der Waals surface area contributed by atoms with Crippen LogP contribution in [0.2, 0.25) is 0 Å². The van der Waals surface area contributed by atoms with Crippen LogP contribution >= 0.6 is 0 Å². The molecular weight excluding hydrogens is 376 g/mol. The highest BCUT2D eigenvalue weighted by molar-refractivity contribution is 5.51. The average Bonchev–Trinajstić information content (AvgIpc) is 3.27. The fraction of sp³-hybridized carbons (Fsp3) is 0.375. The van der Waals surface area contributed by atoms with E-state index >= 15 is 0 Å². The van der Waals surface area contributed by atoms with Crippen LogP contribution in [0.25, 0.3) is 11.5 Å². The zero-order valence-electron chi connectivity index (χ0n) is 16.8. The first kappa shape index (κ1) is 18.8. The molecule has 0 amide bonds. The number of likely N-dealkylation sites (tertiary alicyclic amines) is 1. The quantitative estimate of drug-likeness (QED) is 0.616. The third-order valence-corrected chi connectivity index (χ3v) is 6.44. The molecule has 1 aliphatic heterocycles. The minimum atomic E-state index is 0.332. The van der Waals surface area contributed by atoms with Gasteiger partial charge in [0.2, 0.25) is 11.8 Å². The van der Waals surface area contributed by atoms with Gasteiger partial charge in [-0.3, -0.25) is 4.90 Å². The maximum absolute atomic E-state index is 8.98. The van der Waals surface area contributed by atoms with E-state index in [-0.39, 0.29) is 0 Å². The molecule has 0 N–H and O–H groups in total. The van der Waals surface area contributed by atoms with E-state index in [0.29, 0.717) is 29.4 Å². The molecule has 1 saturated heterocycles. The smallest absolute Gasteiger partial charge is 0.247 e. The SMILES string of the molecule is N#Cc1cccc(OCCN2CCC3(CC2)C[C@H]3c2nnc(-c3ccccc3)o2)c1. The minimum absolute atomic E-state index is 0.332. The van der Waals surface area contributed by atoms with Gasteiger partial charge in [0.1, 0.15) is 12.4 Å². The van der Waals surface area contributed by atoms with E-state index in [2.05, 4.69) is 21.2 Å². The van der Waals surface area contributed by atoms with Crippen molar-refractivity contribution in [2.45, 2.75) is 25.2 Å². The summed E-state index contributed by atoms with van der Waals surface area (Å²) in [6.07, 6.45) is 3.46. The number of piperidine rings is 1. The van der Waals surface area contributed by atoms with Crippen LogP contribution in [0, 0.1) is 16.7 Å². The summed E-state index contributed by atoms with van der Waals surface area (Å²) in [4.78, 5) is 2.46. The maximum Gasteiger partial charge on any atom is 0.247 e. The molecule has 0 unspecified atom stereocenters. The molecular formula is C24H24N4O2. The molecule has 2 heterocycles. The zero-order valence-corrected chi connectivity index (χ0v) is 16.8. The molecule has 1 saturated carbocycles. The summed E-state index contributed by atoms with van der Waals surface area (Å²) in [7, 11) is 0. The normalized spacial score (nSPS) is 20.0. The second-order valence-corrected chi connectivity index (χ2v) is 8.26. The molecule has 1 spiro atoms. The molecule has 30 heavy (non-hydrogen) atoms. The Morgan fingerprint density at radius 3 is 2.73 bits per heavy atom. The summed E-state index contributed by atoms with van der Waals surface area (Å²) in [5.74, 6) is 2.57. The molecule has 5 rings (SSSR count). The fourth-order valence-electron chi connectivity index (χ4n) is 4.49. The monoisotopic (exact) mass is 400 g/mol. The Bertz CT molecular complexity index is 1050. The van der Waals surface area contributed by atoms with Gasteiger partial charge in [-0.2, -0.15) is 5.26 Å². The highest BCUT2D eigenvalue weighted by Gasteiger charge is 2.58. The van der Waals surface area contributed by atoms with Gasteiger partial charge in [-0.1, -0.05) is 24.3 Å². The van der Waals surface area contributed by atoms with E-state index in [9.17, 15) is 0 Å². The first-order chi connectivity index (χ1) is 14.8. The van der Waals surface area contributed by atoms with Crippen molar-refractivity contribution >= 4 is 0 Å². The lowest BCUT2D eigenvalue weighted by molar-refractivity contribution is 0.142. The summed E-state index contributed by atoms with van der Waals surface area (Å²) in [5.41, 5.74) is 1.93. The van der Waals surface area contributed by atoms with Crippen LogP contribution < -0.4 is 4.74 Å². The van der Waals surface area contributed by atoms with Gasteiger partial charge in [-0.25, -0.2) is 0 Å². The Balaban J connectivity index is 1.11. The van der Waals surface area contributed by atoms with Crippen LogP contribution in [0.15, 0.2) is 59.0 Å². The number of benzene rings is 2. The summed E-state index contributed by atoms with van der Waals surface area (Å²) < 4.78 is 11.8. The molecule has 0 bridgehead atoms. The third-order valence-electron chi connectivity index (χ3n) is 6.44. The number of nitriles is 1. The lowest BCUT2D eigenvalue weighted by Crippen LogP contribution is -2.37. The van der Waals surface area contributed by atoms with Crippen LogP contribution in [0.1, 0.15) is 36.6 Å². The van der Waals surface area contributed by atoms with E-state index in [4.69, 9.17) is 14.4 Å². The van der Waals surface area contributed by atoms with Gasteiger partial charge in [0.15, 0.2) is 0 Å². The van der Waals surface area contributed by atoms with Crippen LogP contribution in [-0.4, -0.2) is 41.3 Å². The minimum Gasteiger partial charge on any atom is -0.492 e. The fourth-order valence-corrected chi connectivity index (χ4v) is 4.49. The third kappa shape index (κ3) is 3.81.